The number of hydrogen-bond acceptors (Lipinski definition) is 2. The van der Waals surface area contributed by atoms with Crippen molar-refractivity contribution in [3.8, 4) is 0 Å². The number of aromatic nitrogens is 1. The van der Waals surface area contributed by atoms with E-state index in [0.717, 1.165) is 11.1 Å². The van der Waals surface area contributed by atoms with E-state index in [1.165, 1.54) is 0 Å². The Labute approximate surface area is 99.9 Å². The van der Waals surface area contributed by atoms with Gasteiger partial charge in [0.25, 0.3) is 0 Å². The van der Waals surface area contributed by atoms with Gasteiger partial charge < -0.3 is 5.73 Å². The number of allylic oxidation sites excluding steroid dienone is 1. The Bertz CT molecular complexity index is 315. The lowest BCUT2D eigenvalue weighted by Gasteiger charge is -2.02. The molecular formula is C14H24N2. The third-order valence-electron chi connectivity index (χ3n) is 1.61. The summed E-state index contributed by atoms with van der Waals surface area (Å²) in [6.45, 7) is 13.6. The lowest BCUT2D eigenvalue weighted by Crippen LogP contribution is -1.94. The third-order valence-corrected chi connectivity index (χ3v) is 1.61. The molecule has 16 heavy (non-hydrogen) atoms. The topological polar surface area (TPSA) is 38.9 Å². The second-order valence-electron chi connectivity index (χ2n) is 2.40. The molecule has 0 unspecified atom stereocenters. The van der Waals surface area contributed by atoms with Gasteiger partial charge in [-0.2, -0.15) is 0 Å². The highest BCUT2D eigenvalue weighted by Crippen LogP contribution is 2.16. The fourth-order valence-electron chi connectivity index (χ4n) is 1.05. The molecular weight excluding hydrogens is 196 g/mol. The molecule has 0 fully saturated rings. The van der Waals surface area contributed by atoms with Gasteiger partial charge in [0.2, 0.25) is 0 Å². The zero-order valence-corrected chi connectivity index (χ0v) is 11.1. The molecule has 0 radical (unpaired) electrons. The summed E-state index contributed by atoms with van der Waals surface area (Å²) < 4.78 is 0. The van der Waals surface area contributed by atoms with E-state index in [1.807, 2.05) is 52.8 Å². The van der Waals surface area contributed by atoms with Crippen LogP contribution >= 0.6 is 0 Å². The van der Waals surface area contributed by atoms with Gasteiger partial charge in [0, 0.05) is 11.8 Å². The van der Waals surface area contributed by atoms with E-state index in [1.54, 1.807) is 12.3 Å². The standard InChI is InChI=1S/C10H12N2.2C2H6/c1-3-5-8-6-7-12-10(11)9(8)4-2;2*1-2/h3-7H,2H2,1H3,(H2,11,12);2*1-2H3/b5-3-;;. The Morgan fingerprint density at radius 2 is 1.81 bits per heavy atom. The van der Waals surface area contributed by atoms with Crippen LogP contribution in [0, 0.1) is 0 Å². The molecule has 2 nitrogen and oxygen atoms in total. The Morgan fingerprint density at radius 1 is 1.25 bits per heavy atom. The van der Waals surface area contributed by atoms with Gasteiger partial charge in [0.1, 0.15) is 5.82 Å². The molecule has 0 spiro atoms. The summed E-state index contributed by atoms with van der Waals surface area (Å²) in [5.74, 6) is 0.528. The van der Waals surface area contributed by atoms with E-state index in [9.17, 15) is 0 Å². The van der Waals surface area contributed by atoms with Crippen LogP contribution in [0.15, 0.2) is 24.9 Å². The number of nitrogen functional groups attached to an aromatic ring is 1. The van der Waals surface area contributed by atoms with Gasteiger partial charge in [-0.25, -0.2) is 4.98 Å². The maximum Gasteiger partial charge on any atom is 0.131 e. The van der Waals surface area contributed by atoms with Crippen molar-refractivity contribution in [1.29, 1.82) is 0 Å². The second kappa shape index (κ2) is 11.5. The molecule has 0 aliphatic rings. The smallest absolute Gasteiger partial charge is 0.131 e. The van der Waals surface area contributed by atoms with Crippen molar-refractivity contribution in [3.05, 3.63) is 36.0 Å². The minimum atomic E-state index is 0.528. The fourth-order valence-corrected chi connectivity index (χ4v) is 1.05. The summed E-state index contributed by atoms with van der Waals surface area (Å²) in [6, 6.07) is 1.91. The lowest BCUT2D eigenvalue weighted by molar-refractivity contribution is 1.32. The summed E-state index contributed by atoms with van der Waals surface area (Å²) in [5, 5.41) is 0. The summed E-state index contributed by atoms with van der Waals surface area (Å²) >= 11 is 0. The first-order valence-corrected chi connectivity index (χ1v) is 5.79. The van der Waals surface area contributed by atoms with Gasteiger partial charge in [-0.1, -0.05) is 52.5 Å². The van der Waals surface area contributed by atoms with Crippen molar-refractivity contribution in [1.82, 2.24) is 4.98 Å². The van der Waals surface area contributed by atoms with Gasteiger partial charge >= 0.3 is 0 Å². The molecule has 0 saturated heterocycles. The predicted molar refractivity (Wildman–Crippen MR) is 76.1 cm³/mol. The van der Waals surface area contributed by atoms with Crippen molar-refractivity contribution in [2.45, 2.75) is 34.6 Å². The molecule has 0 aliphatic carbocycles. The zero-order valence-electron chi connectivity index (χ0n) is 11.1. The Kier molecular flexibility index (Phi) is 12.1. The number of anilines is 1. The van der Waals surface area contributed by atoms with Gasteiger partial charge in [-0.05, 0) is 18.6 Å². The Hall–Kier alpha value is -1.57. The quantitative estimate of drug-likeness (QED) is 0.802. The number of hydrogen-bond donors (Lipinski definition) is 1. The molecule has 0 saturated carbocycles. The van der Waals surface area contributed by atoms with Crippen molar-refractivity contribution >= 4 is 18.0 Å². The van der Waals surface area contributed by atoms with Crippen LogP contribution in [0.5, 0.6) is 0 Å². The minimum Gasteiger partial charge on any atom is -0.383 e. The van der Waals surface area contributed by atoms with Crippen LogP contribution < -0.4 is 5.73 Å². The second-order valence-corrected chi connectivity index (χ2v) is 2.40. The SMILES string of the molecule is C=Cc1c(/C=C\C)ccnc1N.CC.CC. The minimum absolute atomic E-state index is 0.528. The summed E-state index contributed by atoms with van der Waals surface area (Å²) in [4.78, 5) is 3.97. The maximum absolute atomic E-state index is 5.65. The highest BCUT2D eigenvalue weighted by atomic mass is 14.8. The van der Waals surface area contributed by atoms with Crippen molar-refractivity contribution in [3.63, 3.8) is 0 Å². The first-order valence-electron chi connectivity index (χ1n) is 5.79. The number of rotatable bonds is 2. The van der Waals surface area contributed by atoms with Gasteiger partial charge in [-0.3, -0.25) is 0 Å². The van der Waals surface area contributed by atoms with Gasteiger partial charge in [0.15, 0.2) is 0 Å². The van der Waals surface area contributed by atoms with E-state index in [2.05, 4.69) is 11.6 Å². The predicted octanol–water partition coefficient (Wildman–Crippen LogP) is 4.39. The first-order chi connectivity index (χ1) is 7.79. The lowest BCUT2D eigenvalue weighted by atomic mass is 10.1. The third kappa shape index (κ3) is 5.35. The molecule has 0 bridgehead atoms. The van der Waals surface area contributed by atoms with Crippen LogP contribution in [0.25, 0.3) is 12.2 Å². The van der Waals surface area contributed by atoms with Gasteiger partial charge in [0.05, 0.1) is 0 Å². The molecule has 0 atom stereocenters. The van der Waals surface area contributed by atoms with Crippen LogP contribution in [0.4, 0.5) is 5.82 Å². The molecule has 0 aromatic carbocycles. The Balaban J connectivity index is 0. The first kappa shape index (κ1) is 16.8. The van der Waals surface area contributed by atoms with Gasteiger partial charge in [-0.15, -0.1) is 0 Å². The number of nitrogens with two attached hydrogens (primary N) is 1. The van der Waals surface area contributed by atoms with E-state index < -0.39 is 0 Å². The normalized spacial score (nSPS) is 8.56. The van der Waals surface area contributed by atoms with E-state index >= 15 is 0 Å². The van der Waals surface area contributed by atoms with E-state index in [4.69, 9.17) is 5.73 Å². The molecule has 2 N–H and O–H groups in total. The number of pyridine rings is 1. The highest BCUT2D eigenvalue weighted by Gasteiger charge is 1.99. The monoisotopic (exact) mass is 220 g/mol. The average molecular weight is 220 g/mol. The molecule has 90 valence electrons. The summed E-state index contributed by atoms with van der Waals surface area (Å²) in [7, 11) is 0. The molecule has 2 heteroatoms. The zero-order chi connectivity index (χ0) is 13.0. The molecule has 1 aromatic rings. The Morgan fingerprint density at radius 3 is 2.25 bits per heavy atom. The van der Waals surface area contributed by atoms with Crippen LogP contribution in [-0.4, -0.2) is 4.98 Å². The molecule has 0 amide bonds. The highest BCUT2D eigenvalue weighted by molar-refractivity contribution is 5.71. The van der Waals surface area contributed by atoms with Crippen LogP contribution in [0.2, 0.25) is 0 Å². The summed E-state index contributed by atoms with van der Waals surface area (Å²) in [6.07, 6.45) is 7.35. The van der Waals surface area contributed by atoms with Crippen molar-refractivity contribution in [2.75, 3.05) is 5.73 Å². The maximum atomic E-state index is 5.65. The van der Waals surface area contributed by atoms with Crippen LogP contribution in [-0.2, 0) is 0 Å². The molecule has 1 rings (SSSR count). The van der Waals surface area contributed by atoms with Crippen molar-refractivity contribution in [2.24, 2.45) is 0 Å². The van der Waals surface area contributed by atoms with Crippen molar-refractivity contribution < 1.29 is 0 Å². The van der Waals surface area contributed by atoms with Crippen LogP contribution in [0.1, 0.15) is 45.7 Å². The van der Waals surface area contributed by atoms with E-state index in [-0.39, 0.29) is 0 Å². The van der Waals surface area contributed by atoms with E-state index in [0.29, 0.717) is 5.82 Å². The molecule has 1 heterocycles. The molecule has 1 aromatic heterocycles. The average Bonchev–Trinajstić information content (AvgIpc) is 2.35. The molecule has 0 aliphatic heterocycles. The fraction of sp³-hybridized carbons (Fsp3) is 0.357. The van der Waals surface area contributed by atoms with Crippen LogP contribution in [0.3, 0.4) is 0 Å². The largest absolute Gasteiger partial charge is 0.383 e. The summed E-state index contributed by atoms with van der Waals surface area (Å²) in [5.41, 5.74) is 7.60. The number of nitrogens with zero attached hydrogens (tertiary/aromatic N) is 1.